The van der Waals surface area contributed by atoms with Crippen molar-refractivity contribution in [1.29, 1.82) is 0 Å². The summed E-state index contributed by atoms with van der Waals surface area (Å²) >= 11 is 0.0893. The Kier molecular flexibility index (Phi) is 4.22. The van der Waals surface area contributed by atoms with Gasteiger partial charge in [0.15, 0.2) is 0 Å². The molecule has 0 aromatic heterocycles. The van der Waals surface area contributed by atoms with E-state index in [4.69, 9.17) is 7.38 Å². The Morgan fingerprint density at radius 3 is 2.46 bits per heavy atom. The van der Waals surface area contributed by atoms with Gasteiger partial charge in [-0.2, -0.15) is 0 Å². The summed E-state index contributed by atoms with van der Waals surface area (Å²) in [5.41, 5.74) is 0.955. The van der Waals surface area contributed by atoms with Crippen LogP contribution in [0.25, 0.3) is 0 Å². The molecular formula is C9H9HgO3. The zero-order valence-electron chi connectivity index (χ0n) is 7.45. The van der Waals surface area contributed by atoms with Gasteiger partial charge >= 0.3 is 93.8 Å². The summed E-state index contributed by atoms with van der Waals surface area (Å²) in [6, 6.07) is 7.40. The molecule has 0 heterocycles. The number of methoxy groups -OCH3 is 1. The molecule has 0 N–H and O–H groups in total. The first-order chi connectivity index (χ1) is 6.26. The van der Waals surface area contributed by atoms with Gasteiger partial charge in [0.1, 0.15) is 0 Å². The number of hydrogen-bond acceptors (Lipinski definition) is 3. The minimum absolute atomic E-state index is 0.0893. The van der Waals surface area contributed by atoms with E-state index in [0.29, 0.717) is 6.42 Å². The fraction of sp³-hybridized carbons (Fsp3) is 0.222. The van der Waals surface area contributed by atoms with Gasteiger partial charge in [0.2, 0.25) is 0 Å². The van der Waals surface area contributed by atoms with Gasteiger partial charge in [-0.05, 0) is 0 Å². The first-order valence-electron chi connectivity index (χ1n) is 3.84. The molecule has 13 heavy (non-hydrogen) atoms. The zero-order valence-corrected chi connectivity index (χ0v) is 12.9. The summed E-state index contributed by atoms with van der Waals surface area (Å²) in [5, 5.41) is 0. The van der Waals surface area contributed by atoms with Crippen LogP contribution in [0.15, 0.2) is 24.3 Å². The summed E-state index contributed by atoms with van der Waals surface area (Å²) in [5.74, 6) is 0.653. The molecule has 1 rings (SSSR count). The fourth-order valence-corrected chi connectivity index (χ4v) is 1.36. The Morgan fingerprint density at radius 1 is 1.38 bits per heavy atom. The van der Waals surface area contributed by atoms with Gasteiger partial charge in [-0.25, -0.2) is 0 Å². The number of carbonyl (C=O) groups excluding carboxylic acids is 1. The van der Waals surface area contributed by atoms with Crippen molar-refractivity contribution in [3.63, 3.8) is 0 Å². The predicted octanol–water partition coefficient (Wildman–Crippen LogP) is 1.24. The summed E-state index contributed by atoms with van der Waals surface area (Å²) < 4.78 is 9.73. The van der Waals surface area contributed by atoms with Crippen LogP contribution in [0.4, 0.5) is 0 Å². The molecule has 1 aromatic rings. The van der Waals surface area contributed by atoms with E-state index in [9.17, 15) is 4.79 Å². The molecule has 0 amide bonds. The fourth-order valence-electron chi connectivity index (χ4n) is 0.961. The maximum atomic E-state index is 10.9. The molecule has 0 aliphatic carbocycles. The third-order valence-electron chi connectivity index (χ3n) is 1.67. The van der Waals surface area contributed by atoms with Crippen LogP contribution in [0.2, 0.25) is 0 Å². The van der Waals surface area contributed by atoms with Gasteiger partial charge in [-0.1, -0.05) is 0 Å². The second kappa shape index (κ2) is 5.22. The van der Waals surface area contributed by atoms with E-state index < -0.39 is 0 Å². The maximum absolute atomic E-state index is 10.9. The first-order valence-corrected chi connectivity index (χ1v) is 6.08. The van der Waals surface area contributed by atoms with Crippen molar-refractivity contribution in [2.75, 3.05) is 7.11 Å². The second-order valence-corrected chi connectivity index (χ2v) is 3.66. The summed E-state index contributed by atoms with van der Waals surface area (Å²) in [7, 11) is 1.61. The van der Waals surface area contributed by atoms with Crippen LogP contribution in [0.1, 0.15) is 5.56 Å². The molecule has 65 valence electrons. The summed E-state index contributed by atoms with van der Waals surface area (Å²) in [6.07, 6.45) is 0.355. The minimum atomic E-state index is -0.145. The average molecular weight is 366 g/mol. The molecule has 1 aromatic carbocycles. The molecule has 0 radical (unpaired) electrons. The van der Waals surface area contributed by atoms with Crippen molar-refractivity contribution in [2.24, 2.45) is 0 Å². The van der Waals surface area contributed by atoms with E-state index in [1.807, 2.05) is 24.3 Å². The Labute approximate surface area is 93.7 Å². The van der Waals surface area contributed by atoms with Gasteiger partial charge < -0.3 is 0 Å². The molecule has 0 saturated carbocycles. The van der Waals surface area contributed by atoms with E-state index in [0.717, 1.165) is 11.3 Å². The van der Waals surface area contributed by atoms with Crippen molar-refractivity contribution < 1.29 is 38.8 Å². The number of ether oxygens (including phenoxy) is 1. The predicted molar refractivity (Wildman–Crippen MR) is 42.8 cm³/mol. The van der Waals surface area contributed by atoms with Crippen LogP contribution in [0.5, 0.6) is 5.75 Å². The van der Waals surface area contributed by atoms with Gasteiger partial charge in [-0.15, -0.1) is 0 Å². The zero-order chi connectivity index (χ0) is 9.68. The quantitative estimate of drug-likeness (QED) is 0.756. The van der Waals surface area contributed by atoms with Gasteiger partial charge in [-0.3, -0.25) is 0 Å². The van der Waals surface area contributed by atoms with Crippen molar-refractivity contribution in [3.05, 3.63) is 29.8 Å². The summed E-state index contributed by atoms with van der Waals surface area (Å²) in [6.45, 7) is 0. The van der Waals surface area contributed by atoms with Gasteiger partial charge in [0, 0.05) is 0 Å². The van der Waals surface area contributed by atoms with Crippen LogP contribution in [-0.2, 0) is 40.4 Å². The molecule has 0 aliphatic rings. The first kappa shape index (κ1) is 10.5. The van der Waals surface area contributed by atoms with Gasteiger partial charge in [0.05, 0.1) is 0 Å². The molecule has 0 bridgehead atoms. The average Bonchev–Trinajstić information content (AvgIpc) is 2.19. The molecule has 4 heteroatoms. The summed E-state index contributed by atoms with van der Waals surface area (Å²) in [4.78, 5) is 10.9. The number of hydrogen-bond donors (Lipinski definition) is 0. The monoisotopic (exact) mass is 367 g/mol. The Bertz CT molecular complexity index is 281. The van der Waals surface area contributed by atoms with E-state index in [-0.39, 0.29) is 32.5 Å². The number of rotatable bonds is 3. The third kappa shape index (κ3) is 3.34. The molecule has 0 atom stereocenters. The Balaban J connectivity index is 2.64. The van der Waals surface area contributed by atoms with E-state index >= 15 is 0 Å². The van der Waals surface area contributed by atoms with Gasteiger partial charge in [0.25, 0.3) is 0 Å². The van der Waals surface area contributed by atoms with Crippen LogP contribution in [0, 0.1) is 0 Å². The van der Waals surface area contributed by atoms with E-state index in [1.165, 1.54) is 0 Å². The van der Waals surface area contributed by atoms with Crippen LogP contribution in [-0.4, -0.2) is 13.1 Å². The van der Waals surface area contributed by atoms with Crippen molar-refractivity contribution in [2.45, 2.75) is 6.42 Å². The molecule has 3 nitrogen and oxygen atoms in total. The van der Waals surface area contributed by atoms with E-state index in [1.54, 1.807) is 7.11 Å². The number of carbonyl (C=O) groups is 1. The Morgan fingerprint density at radius 2 is 2.00 bits per heavy atom. The van der Waals surface area contributed by atoms with Crippen LogP contribution >= 0.6 is 0 Å². The molecule has 0 aliphatic heterocycles. The standard InChI is InChI=1S/C9H10O3.Hg/c1-12-8-4-2-7(3-5-8)6-9(10)11;/h2-5H,6H2,1H3,(H,10,11);/q;+1/p-1. The van der Waals surface area contributed by atoms with E-state index in [2.05, 4.69) is 0 Å². The molecule has 0 unspecified atom stereocenters. The van der Waals surface area contributed by atoms with Crippen LogP contribution < -0.4 is 4.74 Å². The van der Waals surface area contributed by atoms with Crippen LogP contribution in [0.3, 0.4) is 0 Å². The second-order valence-electron chi connectivity index (χ2n) is 2.54. The topological polar surface area (TPSA) is 35.5 Å². The third-order valence-corrected chi connectivity index (χ3v) is 2.92. The SMILES string of the molecule is COc1ccc(CC(=O)[O][Hg])cc1. The number of benzene rings is 1. The molecule has 0 spiro atoms. The molecule has 0 fully saturated rings. The molecule has 0 saturated heterocycles. The molecular weight excluding hydrogens is 357 g/mol. The van der Waals surface area contributed by atoms with Crippen molar-refractivity contribution >= 4 is 5.97 Å². The Hall–Kier alpha value is -0.575. The normalized spacial score (nSPS) is 9.46. The van der Waals surface area contributed by atoms with Crippen molar-refractivity contribution in [3.8, 4) is 5.75 Å². The van der Waals surface area contributed by atoms with Crippen molar-refractivity contribution in [1.82, 2.24) is 0 Å².